The molecular formula is C18H46. The highest BCUT2D eigenvalue weighted by Gasteiger charge is 2.13. The number of unbranched alkanes of at least 4 members (excludes halogenated alkanes) is 2. The fourth-order valence-corrected chi connectivity index (χ4v) is 1.03. The molecule has 0 radical (unpaired) electrons. The maximum atomic E-state index is 2.36. The van der Waals surface area contributed by atoms with Crippen molar-refractivity contribution < 1.29 is 0 Å². The lowest BCUT2D eigenvalue weighted by Gasteiger charge is -2.21. The van der Waals surface area contributed by atoms with Gasteiger partial charge in [0.2, 0.25) is 0 Å². The summed E-state index contributed by atoms with van der Waals surface area (Å²) in [6.45, 7) is 25.3. The van der Waals surface area contributed by atoms with Gasteiger partial charge in [-0.2, -0.15) is 0 Å². The molecule has 0 amide bonds. The second-order valence-electron chi connectivity index (χ2n) is 3.97. The first-order valence-corrected chi connectivity index (χ1v) is 8.62. The zero-order valence-electron chi connectivity index (χ0n) is 16.0. The molecule has 0 heterocycles. The first-order chi connectivity index (χ1) is 8.62. The van der Waals surface area contributed by atoms with Crippen LogP contribution in [-0.2, 0) is 0 Å². The van der Waals surface area contributed by atoms with Crippen LogP contribution in [0.4, 0.5) is 0 Å². The normalized spacial score (nSPS) is 8.00. The summed E-state index contributed by atoms with van der Waals surface area (Å²) in [6.07, 6.45) is 6.88. The van der Waals surface area contributed by atoms with Crippen LogP contribution >= 0.6 is 0 Å². The summed E-state index contributed by atoms with van der Waals surface area (Å²) in [7, 11) is 0. The van der Waals surface area contributed by atoms with Gasteiger partial charge in [-0.05, 0) is 11.8 Å². The number of hydrogen-bond acceptors (Lipinski definition) is 0. The molecule has 0 aliphatic carbocycles. The predicted octanol–water partition coefficient (Wildman–Crippen LogP) is 8.11. The SMILES string of the molecule is CC.CC.CC.CC.CCCCCC(C)(C)CC. The molecule has 0 unspecified atom stereocenters. The smallest absolute Gasteiger partial charge is 0.0357 e. The Morgan fingerprint density at radius 3 is 1.17 bits per heavy atom. The van der Waals surface area contributed by atoms with Gasteiger partial charge in [0.15, 0.2) is 0 Å². The highest BCUT2D eigenvalue weighted by molar-refractivity contribution is 4.65. The van der Waals surface area contributed by atoms with Crippen LogP contribution in [0.1, 0.15) is 115 Å². The van der Waals surface area contributed by atoms with Crippen LogP contribution in [0.15, 0.2) is 0 Å². The summed E-state index contributed by atoms with van der Waals surface area (Å²) in [5.41, 5.74) is 0.592. The molecule has 0 nitrogen and oxygen atoms in total. The van der Waals surface area contributed by atoms with E-state index < -0.39 is 0 Å². The fraction of sp³-hybridized carbons (Fsp3) is 1.00. The van der Waals surface area contributed by atoms with E-state index >= 15 is 0 Å². The van der Waals surface area contributed by atoms with E-state index in [4.69, 9.17) is 0 Å². The average Bonchev–Trinajstić information content (AvgIpc) is 2.48. The standard InChI is InChI=1S/C10H22.4C2H6/c1-5-7-8-9-10(3,4)6-2;4*1-2/h5-9H2,1-4H3;4*1-2H3. The fourth-order valence-electron chi connectivity index (χ4n) is 1.03. The Kier molecular flexibility index (Phi) is 61.5. The van der Waals surface area contributed by atoms with Crippen molar-refractivity contribution in [3.05, 3.63) is 0 Å². The van der Waals surface area contributed by atoms with Crippen molar-refractivity contribution in [3.8, 4) is 0 Å². The molecule has 118 valence electrons. The highest BCUT2D eigenvalue weighted by atomic mass is 14.2. The lowest BCUT2D eigenvalue weighted by molar-refractivity contribution is 0.309. The molecule has 0 rings (SSSR count). The van der Waals surface area contributed by atoms with Gasteiger partial charge < -0.3 is 0 Å². The topological polar surface area (TPSA) is 0 Å². The average molecular weight is 263 g/mol. The Bertz CT molecular complexity index is 72.1. The Labute approximate surface area is 121 Å². The van der Waals surface area contributed by atoms with Crippen LogP contribution in [0.2, 0.25) is 0 Å². The molecule has 0 spiro atoms. The number of hydrogen-bond donors (Lipinski definition) is 0. The molecule has 0 heteroatoms. The Hall–Kier alpha value is 0. The molecular weight excluding hydrogens is 216 g/mol. The molecule has 0 aliphatic rings. The van der Waals surface area contributed by atoms with Crippen LogP contribution in [0.25, 0.3) is 0 Å². The van der Waals surface area contributed by atoms with Gasteiger partial charge in [-0.15, -0.1) is 0 Å². The minimum absolute atomic E-state index is 0.592. The monoisotopic (exact) mass is 262 g/mol. The summed E-state index contributed by atoms with van der Waals surface area (Å²) in [6, 6.07) is 0. The molecule has 0 N–H and O–H groups in total. The molecule has 0 aliphatic heterocycles. The van der Waals surface area contributed by atoms with E-state index in [1.165, 1.54) is 32.1 Å². The third-order valence-electron chi connectivity index (χ3n) is 2.41. The van der Waals surface area contributed by atoms with E-state index in [2.05, 4.69) is 27.7 Å². The second-order valence-corrected chi connectivity index (χ2v) is 3.97. The Morgan fingerprint density at radius 2 is 0.944 bits per heavy atom. The van der Waals surface area contributed by atoms with Crippen LogP contribution in [0.5, 0.6) is 0 Å². The lowest BCUT2D eigenvalue weighted by atomic mass is 9.84. The third-order valence-corrected chi connectivity index (χ3v) is 2.41. The molecule has 0 aromatic heterocycles. The molecule has 18 heavy (non-hydrogen) atoms. The molecule has 0 aromatic carbocycles. The van der Waals surface area contributed by atoms with Gasteiger partial charge in [0.1, 0.15) is 0 Å². The van der Waals surface area contributed by atoms with E-state index in [1.54, 1.807) is 0 Å². The highest BCUT2D eigenvalue weighted by Crippen LogP contribution is 2.26. The van der Waals surface area contributed by atoms with E-state index in [0.29, 0.717) is 5.41 Å². The van der Waals surface area contributed by atoms with E-state index in [1.807, 2.05) is 55.4 Å². The van der Waals surface area contributed by atoms with Crippen molar-refractivity contribution in [2.24, 2.45) is 5.41 Å². The third kappa shape index (κ3) is 44.4. The summed E-state index contributed by atoms with van der Waals surface area (Å²) in [4.78, 5) is 0. The summed E-state index contributed by atoms with van der Waals surface area (Å²) >= 11 is 0. The van der Waals surface area contributed by atoms with Crippen molar-refractivity contribution in [1.82, 2.24) is 0 Å². The summed E-state index contributed by atoms with van der Waals surface area (Å²) < 4.78 is 0. The minimum atomic E-state index is 0.592. The van der Waals surface area contributed by atoms with Gasteiger partial charge in [-0.1, -0.05) is 109 Å². The van der Waals surface area contributed by atoms with Crippen molar-refractivity contribution in [3.63, 3.8) is 0 Å². The zero-order valence-corrected chi connectivity index (χ0v) is 16.0. The molecule has 0 fully saturated rings. The second kappa shape index (κ2) is 36.0. The van der Waals surface area contributed by atoms with Crippen LogP contribution in [0, 0.1) is 5.41 Å². The maximum absolute atomic E-state index is 2.36. The van der Waals surface area contributed by atoms with E-state index in [-0.39, 0.29) is 0 Å². The molecule has 0 atom stereocenters. The lowest BCUT2D eigenvalue weighted by Crippen LogP contribution is -2.08. The molecule has 0 bridgehead atoms. The molecule has 0 aromatic rings. The molecule has 0 saturated carbocycles. The summed E-state index contributed by atoms with van der Waals surface area (Å²) in [5, 5.41) is 0. The van der Waals surface area contributed by atoms with Crippen molar-refractivity contribution in [2.75, 3.05) is 0 Å². The molecule has 0 saturated heterocycles. The predicted molar refractivity (Wildman–Crippen MR) is 93.6 cm³/mol. The van der Waals surface area contributed by atoms with Crippen LogP contribution in [0.3, 0.4) is 0 Å². The van der Waals surface area contributed by atoms with Crippen molar-refractivity contribution in [1.29, 1.82) is 0 Å². The zero-order chi connectivity index (χ0) is 16.0. The van der Waals surface area contributed by atoms with Gasteiger partial charge in [-0.25, -0.2) is 0 Å². The first kappa shape index (κ1) is 30.8. The van der Waals surface area contributed by atoms with Crippen molar-refractivity contribution >= 4 is 0 Å². The quantitative estimate of drug-likeness (QED) is 0.439. The first-order valence-electron chi connectivity index (χ1n) is 8.62. The summed E-state index contributed by atoms with van der Waals surface area (Å²) in [5.74, 6) is 0. The van der Waals surface area contributed by atoms with E-state index in [9.17, 15) is 0 Å². The van der Waals surface area contributed by atoms with Gasteiger partial charge in [0, 0.05) is 0 Å². The maximum Gasteiger partial charge on any atom is -0.0357 e. The van der Waals surface area contributed by atoms with Crippen LogP contribution in [-0.4, -0.2) is 0 Å². The van der Waals surface area contributed by atoms with Gasteiger partial charge >= 0.3 is 0 Å². The van der Waals surface area contributed by atoms with Gasteiger partial charge in [-0.3, -0.25) is 0 Å². The minimum Gasteiger partial charge on any atom is -0.0683 e. The largest absolute Gasteiger partial charge is 0.0683 e. The van der Waals surface area contributed by atoms with E-state index in [0.717, 1.165) is 0 Å². The number of rotatable bonds is 5. The Balaban J connectivity index is -0.0000000596. The van der Waals surface area contributed by atoms with Crippen LogP contribution < -0.4 is 0 Å². The van der Waals surface area contributed by atoms with Gasteiger partial charge in [0.25, 0.3) is 0 Å². The Morgan fingerprint density at radius 1 is 0.611 bits per heavy atom. The van der Waals surface area contributed by atoms with Crippen molar-refractivity contribution in [2.45, 2.75) is 115 Å². The van der Waals surface area contributed by atoms with Gasteiger partial charge in [0.05, 0.1) is 0 Å².